The molecule has 4 rings (SSSR count). The van der Waals surface area contributed by atoms with Gasteiger partial charge in [-0.3, -0.25) is 0 Å². The maximum Gasteiger partial charge on any atom is -0.00265 e. The molecular weight excluding hydrogens is 336 g/mol. The van der Waals surface area contributed by atoms with Crippen molar-refractivity contribution in [3.05, 3.63) is 108 Å². The Bertz CT molecular complexity index is 1190. The van der Waals surface area contributed by atoms with Crippen molar-refractivity contribution in [2.75, 3.05) is 0 Å². The fraction of sp³-hybridized carbons (Fsp3) is 0.0714. The zero-order valence-electron chi connectivity index (χ0n) is 16.5. The Morgan fingerprint density at radius 3 is 1.68 bits per heavy atom. The van der Waals surface area contributed by atoms with Gasteiger partial charge in [-0.05, 0) is 58.0 Å². The lowest BCUT2D eigenvalue weighted by Crippen LogP contribution is -1.96. The third-order valence-electron chi connectivity index (χ3n) is 5.35. The Labute approximate surface area is 167 Å². The van der Waals surface area contributed by atoms with Crippen molar-refractivity contribution in [2.45, 2.75) is 13.8 Å². The first-order valence-electron chi connectivity index (χ1n) is 9.61. The second-order valence-corrected chi connectivity index (χ2v) is 7.27. The van der Waals surface area contributed by atoms with Gasteiger partial charge < -0.3 is 0 Å². The Morgan fingerprint density at radius 1 is 0.571 bits per heavy atom. The summed E-state index contributed by atoms with van der Waals surface area (Å²) in [5.41, 5.74) is 9.63. The number of hydrogen-bond acceptors (Lipinski definition) is 0. The highest BCUT2D eigenvalue weighted by Gasteiger charge is 2.18. The van der Waals surface area contributed by atoms with Crippen LogP contribution in [0.1, 0.15) is 22.3 Å². The molecule has 0 N–H and O–H groups in total. The molecule has 0 fully saturated rings. The standard InChI is InChI=1S/C28H24/c1-5-23-24(6-2)28(22-11-9-10-20(4)18-22)26-13-8-7-12-25(26)27(23)21-16-14-19(3)15-17-21/h5-18H,1-2H2,3-4H3. The van der Waals surface area contributed by atoms with E-state index in [0.717, 1.165) is 11.1 Å². The topological polar surface area (TPSA) is 0 Å². The summed E-state index contributed by atoms with van der Waals surface area (Å²) in [5.74, 6) is 0. The van der Waals surface area contributed by atoms with Gasteiger partial charge >= 0.3 is 0 Å². The van der Waals surface area contributed by atoms with Crippen LogP contribution in [0.3, 0.4) is 0 Å². The molecule has 0 aliphatic heterocycles. The minimum Gasteiger partial charge on any atom is -0.0984 e. The molecule has 0 amide bonds. The van der Waals surface area contributed by atoms with E-state index in [1.807, 2.05) is 12.2 Å². The highest BCUT2D eigenvalue weighted by molar-refractivity contribution is 6.11. The summed E-state index contributed by atoms with van der Waals surface area (Å²) in [6, 6.07) is 26.1. The van der Waals surface area contributed by atoms with Crippen molar-refractivity contribution in [1.29, 1.82) is 0 Å². The zero-order chi connectivity index (χ0) is 19.7. The van der Waals surface area contributed by atoms with Crippen LogP contribution in [0.4, 0.5) is 0 Å². The van der Waals surface area contributed by atoms with Gasteiger partial charge in [0.15, 0.2) is 0 Å². The fourth-order valence-corrected chi connectivity index (χ4v) is 4.05. The quantitative estimate of drug-likeness (QED) is 0.345. The molecule has 0 saturated heterocycles. The van der Waals surface area contributed by atoms with E-state index in [1.54, 1.807) is 0 Å². The normalized spacial score (nSPS) is 10.8. The van der Waals surface area contributed by atoms with E-state index in [4.69, 9.17) is 0 Å². The average molecular weight is 361 g/mol. The maximum absolute atomic E-state index is 4.16. The molecular formula is C28H24. The molecule has 0 unspecified atom stereocenters. The minimum atomic E-state index is 1.13. The van der Waals surface area contributed by atoms with Crippen molar-refractivity contribution in [1.82, 2.24) is 0 Å². The van der Waals surface area contributed by atoms with E-state index in [2.05, 4.69) is 99.8 Å². The lowest BCUT2D eigenvalue weighted by molar-refractivity contribution is 1.46. The molecule has 0 atom stereocenters. The molecule has 0 aliphatic carbocycles. The molecule has 0 heteroatoms. The summed E-state index contributed by atoms with van der Waals surface area (Å²) in [5, 5.41) is 2.48. The van der Waals surface area contributed by atoms with E-state index in [-0.39, 0.29) is 0 Å². The van der Waals surface area contributed by atoms with Crippen molar-refractivity contribution in [2.24, 2.45) is 0 Å². The van der Waals surface area contributed by atoms with Gasteiger partial charge in [0.1, 0.15) is 0 Å². The predicted octanol–water partition coefficient (Wildman–Crippen LogP) is 8.08. The molecule has 0 aromatic heterocycles. The van der Waals surface area contributed by atoms with Crippen molar-refractivity contribution < 1.29 is 0 Å². The number of hydrogen-bond donors (Lipinski definition) is 0. The van der Waals surface area contributed by atoms with Gasteiger partial charge in [0.05, 0.1) is 0 Å². The second kappa shape index (κ2) is 7.32. The van der Waals surface area contributed by atoms with Gasteiger partial charge in [0, 0.05) is 0 Å². The van der Waals surface area contributed by atoms with Crippen LogP contribution in [-0.2, 0) is 0 Å². The Balaban J connectivity index is 2.19. The van der Waals surface area contributed by atoms with E-state index in [1.165, 1.54) is 44.2 Å². The van der Waals surface area contributed by atoms with Crippen LogP contribution in [0, 0.1) is 13.8 Å². The Morgan fingerprint density at radius 2 is 1.14 bits per heavy atom. The number of fused-ring (bicyclic) bond motifs is 1. The maximum atomic E-state index is 4.16. The van der Waals surface area contributed by atoms with E-state index in [9.17, 15) is 0 Å². The molecule has 0 nitrogen and oxygen atoms in total. The van der Waals surface area contributed by atoms with Crippen LogP contribution in [0.2, 0.25) is 0 Å². The molecule has 0 bridgehead atoms. The number of aryl methyl sites for hydroxylation is 2. The summed E-state index contributed by atoms with van der Waals surface area (Å²) in [4.78, 5) is 0. The lowest BCUT2D eigenvalue weighted by atomic mass is 9.83. The summed E-state index contributed by atoms with van der Waals surface area (Å²) >= 11 is 0. The van der Waals surface area contributed by atoms with Crippen molar-refractivity contribution in [3.8, 4) is 22.3 Å². The van der Waals surface area contributed by atoms with Crippen LogP contribution in [0.5, 0.6) is 0 Å². The lowest BCUT2D eigenvalue weighted by Gasteiger charge is -2.20. The van der Waals surface area contributed by atoms with Gasteiger partial charge in [-0.2, -0.15) is 0 Å². The van der Waals surface area contributed by atoms with Gasteiger partial charge in [0.25, 0.3) is 0 Å². The first-order chi connectivity index (χ1) is 13.6. The third-order valence-corrected chi connectivity index (χ3v) is 5.35. The Kier molecular flexibility index (Phi) is 4.71. The molecule has 4 aromatic rings. The highest BCUT2D eigenvalue weighted by atomic mass is 14.2. The summed E-state index contributed by atoms with van der Waals surface area (Å²) < 4.78 is 0. The first kappa shape index (κ1) is 18.0. The molecule has 0 radical (unpaired) electrons. The van der Waals surface area contributed by atoms with Gasteiger partial charge in [-0.15, -0.1) is 0 Å². The fourth-order valence-electron chi connectivity index (χ4n) is 4.05. The van der Waals surface area contributed by atoms with Crippen molar-refractivity contribution in [3.63, 3.8) is 0 Å². The molecule has 0 heterocycles. The smallest absolute Gasteiger partial charge is 0.00265 e. The van der Waals surface area contributed by atoms with Crippen LogP contribution in [0.15, 0.2) is 86.0 Å². The Hall–Kier alpha value is -3.38. The van der Waals surface area contributed by atoms with E-state index in [0.29, 0.717) is 0 Å². The highest BCUT2D eigenvalue weighted by Crippen LogP contribution is 2.43. The third kappa shape index (κ3) is 2.97. The monoisotopic (exact) mass is 360 g/mol. The van der Waals surface area contributed by atoms with Crippen LogP contribution in [0.25, 0.3) is 45.2 Å². The summed E-state index contributed by atoms with van der Waals surface area (Å²) in [6.45, 7) is 12.6. The predicted molar refractivity (Wildman–Crippen MR) is 124 cm³/mol. The van der Waals surface area contributed by atoms with Crippen molar-refractivity contribution >= 4 is 22.9 Å². The van der Waals surface area contributed by atoms with Gasteiger partial charge in [-0.25, -0.2) is 0 Å². The van der Waals surface area contributed by atoms with Crippen LogP contribution < -0.4 is 0 Å². The SMILES string of the molecule is C=Cc1c(C=C)c(-c2cccc(C)c2)c2ccccc2c1-c1ccc(C)cc1. The van der Waals surface area contributed by atoms with E-state index < -0.39 is 0 Å². The summed E-state index contributed by atoms with van der Waals surface area (Å²) in [6.07, 6.45) is 3.94. The van der Waals surface area contributed by atoms with Gasteiger partial charge in [0.2, 0.25) is 0 Å². The summed E-state index contributed by atoms with van der Waals surface area (Å²) in [7, 11) is 0. The molecule has 0 saturated carbocycles. The zero-order valence-corrected chi connectivity index (χ0v) is 16.5. The molecule has 4 aromatic carbocycles. The molecule has 28 heavy (non-hydrogen) atoms. The first-order valence-corrected chi connectivity index (χ1v) is 9.61. The van der Waals surface area contributed by atoms with Gasteiger partial charge in [-0.1, -0.05) is 109 Å². The second-order valence-electron chi connectivity index (χ2n) is 7.27. The number of benzene rings is 4. The average Bonchev–Trinajstić information content (AvgIpc) is 2.72. The minimum absolute atomic E-state index is 1.13. The number of rotatable bonds is 4. The molecule has 136 valence electrons. The van der Waals surface area contributed by atoms with Crippen LogP contribution in [-0.4, -0.2) is 0 Å². The molecule has 0 spiro atoms. The largest absolute Gasteiger partial charge is 0.0984 e. The molecule has 0 aliphatic rings. The van der Waals surface area contributed by atoms with E-state index >= 15 is 0 Å². The van der Waals surface area contributed by atoms with Crippen LogP contribution >= 0.6 is 0 Å².